The minimum atomic E-state index is -0.236. The predicted octanol–water partition coefficient (Wildman–Crippen LogP) is 2.74. The van der Waals surface area contributed by atoms with Gasteiger partial charge in [0.25, 0.3) is 0 Å². The standard InChI is InChI=1S/C21H35N5O.HI/c1-5-22-20(24-15-19(27)25-21(2,3)4)23-14-18-12-9-13-26(18)16-17-10-7-6-8-11-17;/h6-8,10-11,18H,5,9,12-16H2,1-4H3,(H,25,27)(H2,22,23,24);1H. The molecule has 1 heterocycles. The molecular weight excluding hydrogens is 465 g/mol. The van der Waals surface area contributed by atoms with Crippen molar-refractivity contribution in [2.24, 2.45) is 4.99 Å². The fourth-order valence-corrected chi connectivity index (χ4v) is 3.32. The second kappa shape index (κ2) is 12.3. The molecule has 0 spiro atoms. The molecule has 1 amide bonds. The van der Waals surface area contributed by atoms with Crippen molar-refractivity contribution in [2.75, 3.05) is 26.2 Å². The first kappa shape index (κ1) is 24.7. The van der Waals surface area contributed by atoms with Crippen LogP contribution in [0, 0.1) is 0 Å². The Kier molecular flexibility index (Phi) is 10.8. The van der Waals surface area contributed by atoms with Gasteiger partial charge in [0.1, 0.15) is 6.54 Å². The van der Waals surface area contributed by atoms with Gasteiger partial charge in [-0.25, -0.2) is 4.99 Å². The lowest BCUT2D eigenvalue weighted by Crippen LogP contribution is -2.46. The van der Waals surface area contributed by atoms with E-state index in [1.165, 1.54) is 18.4 Å². The Morgan fingerprint density at radius 1 is 1.21 bits per heavy atom. The Hall–Kier alpha value is -1.35. The first-order valence-corrected chi connectivity index (χ1v) is 9.98. The van der Waals surface area contributed by atoms with Crippen LogP contribution < -0.4 is 16.0 Å². The number of rotatable bonds is 7. The zero-order chi connectivity index (χ0) is 19.7. The predicted molar refractivity (Wildman–Crippen MR) is 127 cm³/mol. The summed E-state index contributed by atoms with van der Waals surface area (Å²) >= 11 is 0. The average molecular weight is 501 g/mol. The summed E-state index contributed by atoms with van der Waals surface area (Å²) in [6.45, 7) is 11.8. The van der Waals surface area contributed by atoms with Gasteiger partial charge in [0.15, 0.2) is 5.96 Å². The highest BCUT2D eigenvalue weighted by Crippen LogP contribution is 2.19. The van der Waals surface area contributed by atoms with Crippen LogP contribution in [0.1, 0.15) is 46.1 Å². The molecule has 7 heteroatoms. The van der Waals surface area contributed by atoms with Crippen molar-refractivity contribution in [3.05, 3.63) is 35.9 Å². The number of guanidine groups is 1. The summed E-state index contributed by atoms with van der Waals surface area (Å²) in [6.07, 6.45) is 2.41. The molecule has 1 aliphatic heterocycles. The third-order valence-electron chi connectivity index (χ3n) is 4.47. The summed E-state index contributed by atoms with van der Waals surface area (Å²) in [5.74, 6) is 0.638. The van der Waals surface area contributed by atoms with Crippen molar-refractivity contribution in [3.8, 4) is 0 Å². The normalized spacial score (nSPS) is 17.7. The van der Waals surface area contributed by atoms with Crippen molar-refractivity contribution >= 4 is 35.8 Å². The molecule has 0 bridgehead atoms. The van der Waals surface area contributed by atoms with Crippen LogP contribution in [0.25, 0.3) is 0 Å². The molecule has 28 heavy (non-hydrogen) atoms. The number of hydrogen-bond donors (Lipinski definition) is 3. The molecule has 1 atom stereocenters. The lowest BCUT2D eigenvalue weighted by atomic mass is 10.1. The van der Waals surface area contributed by atoms with Crippen LogP contribution in [-0.4, -0.2) is 54.5 Å². The summed E-state index contributed by atoms with van der Waals surface area (Å²) in [7, 11) is 0. The van der Waals surface area contributed by atoms with Gasteiger partial charge in [0, 0.05) is 31.2 Å². The topological polar surface area (TPSA) is 68.8 Å². The van der Waals surface area contributed by atoms with Crippen molar-refractivity contribution in [2.45, 2.75) is 58.7 Å². The van der Waals surface area contributed by atoms with Gasteiger partial charge in [0.2, 0.25) is 5.91 Å². The molecule has 1 aromatic rings. The summed E-state index contributed by atoms with van der Waals surface area (Å²) in [5, 5.41) is 9.58. The first-order valence-electron chi connectivity index (χ1n) is 9.98. The van der Waals surface area contributed by atoms with E-state index in [-0.39, 0.29) is 42.0 Å². The molecule has 6 nitrogen and oxygen atoms in total. The van der Waals surface area contributed by atoms with Crippen molar-refractivity contribution in [3.63, 3.8) is 0 Å². The molecule has 0 aromatic heterocycles. The smallest absolute Gasteiger partial charge is 0.242 e. The minimum absolute atomic E-state index is 0. The van der Waals surface area contributed by atoms with Gasteiger partial charge in [-0.15, -0.1) is 24.0 Å². The fourth-order valence-electron chi connectivity index (χ4n) is 3.32. The SMILES string of the molecule is CCNC(=NCC(=O)NC(C)(C)C)NCC1CCCN1Cc1ccccc1.I. The van der Waals surface area contributed by atoms with Gasteiger partial charge in [-0.1, -0.05) is 30.3 Å². The number of amides is 1. The average Bonchev–Trinajstić information content (AvgIpc) is 3.04. The van der Waals surface area contributed by atoms with Gasteiger partial charge >= 0.3 is 0 Å². The minimum Gasteiger partial charge on any atom is -0.357 e. The third-order valence-corrected chi connectivity index (χ3v) is 4.47. The highest BCUT2D eigenvalue weighted by Gasteiger charge is 2.24. The number of carbonyl (C=O) groups excluding carboxylic acids is 1. The Morgan fingerprint density at radius 3 is 2.57 bits per heavy atom. The van der Waals surface area contributed by atoms with E-state index in [0.717, 1.165) is 26.2 Å². The van der Waals surface area contributed by atoms with E-state index in [1.807, 2.05) is 27.7 Å². The molecule has 0 aliphatic carbocycles. The summed E-state index contributed by atoms with van der Waals surface area (Å²) < 4.78 is 0. The number of halogens is 1. The number of hydrogen-bond acceptors (Lipinski definition) is 3. The molecule has 158 valence electrons. The van der Waals surface area contributed by atoms with Gasteiger partial charge < -0.3 is 16.0 Å². The Bertz CT molecular complexity index is 615. The highest BCUT2D eigenvalue weighted by atomic mass is 127. The molecule has 0 radical (unpaired) electrons. The lowest BCUT2D eigenvalue weighted by molar-refractivity contribution is -0.121. The summed E-state index contributed by atoms with van der Waals surface area (Å²) in [5.41, 5.74) is 1.11. The zero-order valence-electron chi connectivity index (χ0n) is 17.6. The van der Waals surface area contributed by atoms with Crippen LogP contribution >= 0.6 is 24.0 Å². The lowest BCUT2D eigenvalue weighted by Gasteiger charge is -2.25. The van der Waals surface area contributed by atoms with Crippen LogP contribution in [0.2, 0.25) is 0 Å². The van der Waals surface area contributed by atoms with E-state index in [9.17, 15) is 4.79 Å². The van der Waals surface area contributed by atoms with E-state index < -0.39 is 0 Å². The van der Waals surface area contributed by atoms with Crippen molar-refractivity contribution in [1.29, 1.82) is 0 Å². The third kappa shape index (κ3) is 9.23. The van der Waals surface area contributed by atoms with Crippen LogP contribution in [0.5, 0.6) is 0 Å². The molecule has 1 aromatic carbocycles. The van der Waals surface area contributed by atoms with E-state index in [1.54, 1.807) is 0 Å². The monoisotopic (exact) mass is 501 g/mol. The van der Waals surface area contributed by atoms with Gasteiger partial charge in [-0.2, -0.15) is 0 Å². The number of likely N-dealkylation sites (tertiary alicyclic amines) is 1. The van der Waals surface area contributed by atoms with Crippen LogP contribution in [0.3, 0.4) is 0 Å². The van der Waals surface area contributed by atoms with Gasteiger partial charge in [-0.3, -0.25) is 9.69 Å². The Labute approximate surface area is 187 Å². The Balaban J connectivity index is 0.00000392. The maximum Gasteiger partial charge on any atom is 0.242 e. The second-order valence-electron chi connectivity index (χ2n) is 8.13. The summed E-state index contributed by atoms with van der Waals surface area (Å²) in [4.78, 5) is 19.0. The summed E-state index contributed by atoms with van der Waals surface area (Å²) in [6, 6.07) is 11.1. The van der Waals surface area contributed by atoms with Crippen molar-refractivity contribution < 1.29 is 4.79 Å². The molecule has 1 fully saturated rings. The molecule has 1 saturated heterocycles. The van der Waals surface area contributed by atoms with E-state index in [0.29, 0.717) is 12.0 Å². The van der Waals surface area contributed by atoms with E-state index in [4.69, 9.17) is 0 Å². The number of nitrogens with one attached hydrogen (secondary N) is 3. The molecule has 1 unspecified atom stereocenters. The van der Waals surface area contributed by atoms with Crippen molar-refractivity contribution in [1.82, 2.24) is 20.9 Å². The first-order chi connectivity index (χ1) is 12.9. The van der Waals surface area contributed by atoms with Gasteiger partial charge in [0.05, 0.1) is 0 Å². The second-order valence-corrected chi connectivity index (χ2v) is 8.13. The highest BCUT2D eigenvalue weighted by molar-refractivity contribution is 14.0. The number of aliphatic imine (C=N–C) groups is 1. The number of nitrogens with zero attached hydrogens (tertiary/aromatic N) is 2. The molecule has 0 saturated carbocycles. The molecular formula is C21H36IN5O. The zero-order valence-corrected chi connectivity index (χ0v) is 20.0. The van der Waals surface area contributed by atoms with Crippen LogP contribution in [0.15, 0.2) is 35.3 Å². The molecule has 2 rings (SSSR count). The fraction of sp³-hybridized carbons (Fsp3) is 0.619. The number of carbonyl (C=O) groups is 1. The maximum absolute atomic E-state index is 12.0. The van der Waals surface area contributed by atoms with Gasteiger partial charge in [-0.05, 0) is 52.6 Å². The van der Waals surface area contributed by atoms with E-state index >= 15 is 0 Å². The quantitative estimate of drug-likeness (QED) is 0.306. The largest absolute Gasteiger partial charge is 0.357 e. The number of benzene rings is 1. The molecule has 1 aliphatic rings. The van der Waals surface area contributed by atoms with Crippen LogP contribution in [0.4, 0.5) is 0 Å². The maximum atomic E-state index is 12.0. The molecule has 3 N–H and O–H groups in total. The van der Waals surface area contributed by atoms with E-state index in [2.05, 4.69) is 56.2 Å². The van der Waals surface area contributed by atoms with Crippen LogP contribution in [-0.2, 0) is 11.3 Å². The Morgan fingerprint density at radius 2 is 1.93 bits per heavy atom.